The Labute approximate surface area is 888 Å². The summed E-state index contributed by atoms with van der Waals surface area (Å²) in [6.45, 7) is 9.35. The van der Waals surface area contributed by atoms with Crippen LogP contribution >= 0.6 is 91.9 Å². The maximum absolute atomic E-state index is 13.7. The summed E-state index contributed by atoms with van der Waals surface area (Å²) in [4.78, 5) is 65.8. The summed E-state index contributed by atoms with van der Waals surface area (Å²) in [6.07, 6.45) is 0.803. The number of hydrogen-bond donors (Lipinski definition) is 6. The van der Waals surface area contributed by atoms with Gasteiger partial charge < -0.3 is 19.5 Å². The molecule has 16 rings (SSSR count). The van der Waals surface area contributed by atoms with E-state index in [1.165, 1.54) is 129 Å². The van der Waals surface area contributed by atoms with Gasteiger partial charge in [0.25, 0.3) is 46.0 Å². The molecule has 0 aliphatic heterocycles. The number of carbonyl (C=O) groups is 5. The molecule has 0 saturated carbocycles. The molecule has 0 aliphatic rings. The molecule has 2 aromatic heterocycles. The molecule has 6 N–H and O–H groups in total. The van der Waals surface area contributed by atoms with Crippen LogP contribution in [0.1, 0.15) is 125 Å². The highest BCUT2D eigenvalue weighted by Gasteiger charge is 2.32. The third-order valence-electron chi connectivity index (χ3n) is 21.2. The molecule has 0 aliphatic carbocycles. The zero-order valence-corrected chi connectivity index (χ0v) is 89.4. The van der Waals surface area contributed by atoms with E-state index in [1.54, 1.807) is 212 Å². The summed E-state index contributed by atoms with van der Waals surface area (Å²) in [6, 6.07) is 94.1. The number of anilines is 6. The van der Waals surface area contributed by atoms with E-state index in [-0.39, 0.29) is 104 Å². The zero-order valence-electron chi connectivity index (χ0n) is 78.6. The smallest absolute Gasteiger partial charge is 0.286 e. The van der Waals surface area contributed by atoms with Gasteiger partial charge in [-0.3, -0.25) is 47.5 Å². The molecule has 0 spiro atoms. The van der Waals surface area contributed by atoms with E-state index < -0.39 is 61.5 Å². The minimum Gasteiger partial charge on any atom is -0.497 e. The SMILES string of the molecule is C=S(=O)(Nc1ccc(Cl)cc1C(=O)c1ccccc1)c1ccc(NCC)cc1.CC(C)Oc1ccc(S(=O)(=O)Nc2ccc(I)cc2C(=O)c2ccccc2)cc1.CCc1ccc(S(=O)(=O)Nc2ccc(Cl)cc2C(=O)c2cccc(Cl)c2)cc1.COc1ccc(S(=O)(=O)Nc2ccc(Cl)cc2C(=O)c2ccccc2)cc1.Cn1nc(-c2ccc(S(=O)(=O)Nc3ccc(Cl)cc3C(=O)c3ccccc3)s2)cc1C(C)(F)F. The average Bonchev–Trinajstić information content (AvgIpc) is 1.65. The maximum atomic E-state index is 13.7. The topological polar surface area (TPSA) is 347 Å². The lowest BCUT2D eigenvalue weighted by molar-refractivity contribution is 0.00878. The second-order valence-electron chi connectivity index (χ2n) is 32.2. The molecule has 16 aromatic rings. The van der Waals surface area contributed by atoms with Crippen LogP contribution in [0.3, 0.4) is 0 Å². The lowest BCUT2D eigenvalue weighted by Gasteiger charge is -2.16. The monoisotopic (exact) mass is 2290 g/mol. The first-order valence-electron chi connectivity index (χ1n) is 44.1. The Morgan fingerprint density at radius 1 is 0.404 bits per heavy atom. The number of benzene rings is 14. The number of aryl methyl sites for hydroxylation is 2. The fourth-order valence-corrected chi connectivity index (χ4v) is 22.2. The van der Waals surface area contributed by atoms with Crippen molar-refractivity contribution in [2.24, 2.45) is 7.05 Å². The van der Waals surface area contributed by atoms with E-state index in [0.717, 1.165) is 50.7 Å². The molecule has 0 bridgehead atoms. The van der Waals surface area contributed by atoms with Crippen LogP contribution < -0.4 is 38.4 Å². The normalized spacial score (nSPS) is 11.7. The molecule has 1 unspecified atom stereocenters. The number of ether oxygens (including phenoxy) is 2. The standard InChI is InChI=1S/C23H18ClF2N3O3S2.C22H21ClN2O2S.C22H20INO4S.C21H17Cl2NO3S.C20H16ClNO4S/c1-23(25,26)20-13-18(27-29(20)2)19-10-11-21(33-19)34(31,32)28-17-9-8-15(24)12-16(17)22(30)14-6-4-3-5-7-14;1-3-24-18-10-12-19(13-11-18)28(2,27)25-21-14-9-17(23)15-20(21)22(26)16-7-5-4-6-8-16;1-15(2)28-18-9-11-19(12-10-18)29(26,27)24-21-13-8-17(23)14-20(21)22(25)16-6-4-3-5-7-16;1-2-14-6-9-18(10-7-14)28(26,27)24-20-11-8-17(23)13-19(20)21(25)15-4-3-5-16(22)12-15;1-26-16-8-10-17(11-9-16)27(24,25)22-19-12-7-15(21)13-18(19)20(23)14-5-3-2-4-6-14/h3-13,28H,1-2H3;4-15,24H,2-3H2,1H3,(H,25,27);3-15,24H,1-2H3;3-13,24H,2H2,1H3;2-13,22H,1H3. The molecule has 14 aromatic carbocycles. The number of nitrogens with one attached hydrogen (secondary N) is 6. The molecular formula is C108H92Cl5F2IN8O16S6. The summed E-state index contributed by atoms with van der Waals surface area (Å²) < 4.78 is 169. The largest absolute Gasteiger partial charge is 0.497 e. The molecule has 24 nitrogen and oxygen atoms in total. The number of thiophene rings is 1. The van der Waals surface area contributed by atoms with Gasteiger partial charge in [0.05, 0.1) is 70.9 Å². The van der Waals surface area contributed by atoms with Crippen LogP contribution in [0.4, 0.5) is 42.9 Å². The summed E-state index contributed by atoms with van der Waals surface area (Å²) in [7, 11) is -15.7. The Morgan fingerprint density at radius 3 is 1.11 bits per heavy atom. The predicted octanol–water partition coefficient (Wildman–Crippen LogP) is 26.1. The fraction of sp³-hybridized carbons (Fsp3) is 0.102. The number of sulfonamides is 4. The van der Waals surface area contributed by atoms with Crippen molar-refractivity contribution in [1.82, 2.24) is 9.78 Å². The summed E-state index contributed by atoms with van der Waals surface area (Å²) in [5.41, 5.74) is 6.17. The highest BCUT2D eigenvalue weighted by Crippen LogP contribution is 2.39. The van der Waals surface area contributed by atoms with Gasteiger partial charge >= 0.3 is 0 Å². The van der Waals surface area contributed by atoms with Gasteiger partial charge in [0, 0.05) is 115 Å². The number of aromatic nitrogens is 2. The van der Waals surface area contributed by atoms with Crippen LogP contribution in [0, 0.1) is 3.57 Å². The van der Waals surface area contributed by atoms with Crippen LogP contribution in [0.25, 0.3) is 10.6 Å². The lowest BCUT2D eigenvalue weighted by atomic mass is 10.0. The molecule has 38 heteroatoms. The number of carbonyl (C=O) groups excluding carboxylic acids is 5. The Kier molecular flexibility index (Phi) is 37.9. The number of hydrogen-bond acceptors (Lipinski definition) is 19. The van der Waals surface area contributed by atoms with E-state index in [2.05, 4.69) is 62.5 Å². The van der Waals surface area contributed by atoms with Gasteiger partial charge in [-0.15, -0.1) is 11.3 Å². The van der Waals surface area contributed by atoms with Gasteiger partial charge in [-0.25, -0.2) is 37.9 Å². The van der Waals surface area contributed by atoms with Crippen LogP contribution in [0.2, 0.25) is 25.1 Å². The Balaban J connectivity index is 0.000000163. The van der Waals surface area contributed by atoms with E-state index in [1.807, 2.05) is 52.0 Å². The number of ketones is 5. The van der Waals surface area contributed by atoms with E-state index >= 15 is 0 Å². The van der Waals surface area contributed by atoms with Crippen molar-refractivity contribution in [2.45, 2.75) is 76.9 Å². The third-order valence-corrected chi connectivity index (χ3v) is 31.7. The summed E-state index contributed by atoms with van der Waals surface area (Å²) >= 11 is 33.2. The highest BCUT2D eigenvalue weighted by atomic mass is 127. The van der Waals surface area contributed by atoms with Gasteiger partial charge in [0.15, 0.2) is 28.9 Å². The first kappa shape index (κ1) is 111. The quantitative estimate of drug-likeness (QED) is 0.0126. The summed E-state index contributed by atoms with van der Waals surface area (Å²) in [5.74, 6) is 0.338. The van der Waals surface area contributed by atoms with Crippen molar-refractivity contribution in [3.05, 3.63) is 447 Å². The van der Waals surface area contributed by atoms with Crippen LogP contribution in [-0.2, 0) is 69.2 Å². The minimum absolute atomic E-state index is 0.00562. The van der Waals surface area contributed by atoms with Crippen LogP contribution in [-0.4, -0.2) is 102 Å². The number of rotatable bonds is 33. The number of nitrogens with zero attached hydrogens (tertiary/aromatic N) is 2. The van der Waals surface area contributed by atoms with Crippen LogP contribution in [0.15, 0.2) is 376 Å². The van der Waals surface area contributed by atoms with Crippen molar-refractivity contribution in [2.75, 3.05) is 42.6 Å². The van der Waals surface area contributed by atoms with Crippen molar-refractivity contribution >= 4 is 211 Å². The van der Waals surface area contributed by atoms with Crippen molar-refractivity contribution in [3.63, 3.8) is 0 Å². The van der Waals surface area contributed by atoms with Crippen molar-refractivity contribution < 1.29 is 80.1 Å². The molecule has 2 heterocycles. The third kappa shape index (κ3) is 30.0. The molecule has 0 radical (unpaired) electrons. The fourth-order valence-electron chi connectivity index (χ4n) is 14.0. The molecule has 0 fully saturated rings. The number of methoxy groups -OCH3 is 1. The molecule has 0 saturated heterocycles. The lowest BCUT2D eigenvalue weighted by Crippen LogP contribution is -2.16. The highest BCUT2D eigenvalue weighted by molar-refractivity contribution is 14.1. The van der Waals surface area contributed by atoms with Gasteiger partial charge in [-0.05, 0) is 267 Å². The first-order chi connectivity index (χ1) is 69.3. The van der Waals surface area contributed by atoms with Gasteiger partial charge in [-0.2, -0.15) is 13.9 Å². The van der Waals surface area contributed by atoms with Crippen molar-refractivity contribution in [1.29, 1.82) is 0 Å². The van der Waals surface area contributed by atoms with Gasteiger partial charge in [-0.1, -0.05) is 211 Å². The molecule has 146 heavy (non-hydrogen) atoms. The van der Waals surface area contributed by atoms with Crippen molar-refractivity contribution in [3.8, 4) is 22.1 Å². The maximum Gasteiger partial charge on any atom is 0.286 e. The second-order valence-corrected chi connectivity index (χ2v) is 45.7. The van der Waals surface area contributed by atoms with E-state index in [0.29, 0.717) is 86.0 Å². The molecule has 1 atom stereocenters. The van der Waals surface area contributed by atoms with Gasteiger partial charge in [0.1, 0.15) is 27.1 Å². The average molecular weight is 2290 g/mol. The van der Waals surface area contributed by atoms with Gasteiger partial charge in [0.2, 0.25) is 0 Å². The Bertz CT molecular complexity index is 8060. The Morgan fingerprint density at radius 2 is 0.747 bits per heavy atom. The summed E-state index contributed by atoms with van der Waals surface area (Å²) in [5, 5.41) is 9.04. The second kappa shape index (κ2) is 49.7. The number of alkyl halides is 2. The Hall–Kier alpha value is -13.4. The molecular weight excluding hydrogens is 2200 g/mol. The molecule has 0 amide bonds. The van der Waals surface area contributed by atoms with E-state index in [9.17, 15) is 70.6 Å². The minimum atomic E-state index is -4.09. The number of halogens is 8. The zero-order chi connectivity index (χ0) is 106. The first-order valence-corrected chi connectivity index (χ1v) is 55.6. The molecule has 752 valence electrons. The predicted molar refractivity (Wildman–Crippen MR) is 587 cm³/mol. The van der Waals surface area contributed by atoms with Crippen LogP contribution in [0.5, 0.6) is 11.5 Å². The van der Waals surface area contributed by atoms with E-state index in [4.69, 9.17) is 67.5 Å².